The van der Waals surface area contributed by atoms with Gasteiger partial charge in [0.25, 0.3) is 15.7 Å². The standard InChI is InChI=1S/C15H14Cl2N2O4S/c1-3-18(11-6-7-13(16)14(17)8-11)24(22,23)15-9-12(19(20)21)5-4-10(15)2/h4-9H,3H2,1-2H3. The van der Waals surface area contributed by atoms with Crippen LogP contribution in [0.2, 0.25) is 10.0 Å². The lowest BCUT2D eigenvalue weighted by atomic mass is 10.2. The van der Waals surface area contributed by atoms with Crippen molar-refractivity contribution in [3.63, 3.8) is 0 Å². The number of nitrogens with zero attached hydrogens (tertiary/aromatic N) is 2. The average molecular weight is 389 g/mol. The van der Waals surface area contributed by atoms with Gasteiger partial charge >= 0.3 is 0 Å². The first-order chi connectivity index (χ1) is 11.2. The number of nitro groups is 1. The number of non-ortho nitro benzene ring substituents is 1. The summed E-state index contributed by atoms with van der Waals surface area (Å²) in [4.78, 5) is 10.2. The normalized spacial score (nSPS) is 11.3. The Balaban J connectivity index is 2.60. The van der Waals surface area contributed by atoms with Crippen LogP contribution in [0.3, 0.4) is 0 Å². The quantitative estimate of drug-likeness (QED) is 0.560. The fourth-order valence-electron chi connectivity index (χ4n) is 2.23. The summed E-state index contributed by atoms with van der Waals surface area (Å²) >= 11 is 11.8. The van der Waals surface area contributed by atoms with Crippen molar-refractivity contribution in [2.75, 3.05) is 10.8 Å². The molecule has 6 nitrogen and oxygen atoms in total. The number of benzene rings is 2. The second-order valence-electron chi connectivity index (χ2n) is 4.98. The van der Waals surface area contributed by atoms with Crippen LogP contribution in [0.4, 0.5) is 11.4 Å². The minimum absolute atomic E-state index is 0.121. The molecule has 0 atom stereocenters. The molecule has 0 bridgehead atoms. The van der Waals surface area contributed by atoms with Crippen LogP contribution in [0, 0.1) is 17.0 Å². The number of sulfonamides is 1. The maximum absolute atomic E-state index is 13.0. The van der Waals surface area contributed by atoms with E-state index in [0.29, 0.717) is 16.3 Å². The van der Waals surface area contributed by atoms with Crippen molar-refractivity contribution in [2.45, 2.75) is 18.7 Å². The molecule has 0 amide bonds. The Morgan fingerprint density at radius 2 is 1.79 bits per heavy atom. The van der Waals surface area contributed by atoms with E-state index in [4.69, 9.17) is 23.2 Å². The molecule has 0 unspecified atom stereocenters. The molecule has 24 heavy (non-hydrogen) atoms. The highest BCUT2D eigenvalue weighted by molar-refractivity contribution is 7.92. The van der Waals surface area contributed by atoms with Crippen molar-refractivity contribution in [3.05, 3.63) is 62.1 Å². The summed E-state index contributed by atoms with van der Waals surface area (Å²) in [5.74, 6) is 0. The molecule has 0 N–H and O–H groups in total. The minimum Gasteiger partial charge on any atom is -0.267 e. The zero-order chi connectivity index (χ0) is 18.1. The van der Waals surface area contributed by atoms with Gasteiger partial charge in [0.15, 0.2) is 0 Å². The van der Waals surface area contributed by atoms with Gasteiger partial charge in [-0.25, -0.2) is 8.42 Å². The van der Waals surface area contributed by atoms with Gasteiger partial charge in [0.1, 0.15) is 0 Å². The predicted octanol–water partition coefficient (Wildman–Crippen LogP) is 4.43. The van der Waals surface area contributed by atoms with Crippen molar-refractivity contribution >= 4 is 44.6 Å². The lowest BCUT2D eigenvalue weighted by molar-refractivity contribution is -0.385. The second kappa shape index (κ2) is 6.96. The number of aryl methyl sites for hydroxylation is 1. The van der Waals surface area contributed by atoms with E-state index >= 15 is 0 Å². The molecule has 0 aliphatic rings. The average Bonchev–Trinajstić information content (AvgIpc) is 2.51. The summed E-state index contributed by atoms with van der Waals surface area (Å²) in [5.41, 5.74) is 0.460. The molecule has 0 fully saturated rings. The molecule has 0 radical (unpaired) electrons. The van der Waals surface area contributed by atoms with E-state index in [-0.39, 0.29) is 22.2 Å². The lowest BCUT2D eigenvalue weighted by Crippen LogP contribution is -2.31. The summed E-state index contributed by atoms with van der Waals surface area (Å²) in [6.45, 7) is 3.37. The van der Waals surface area contributed by atoms with Gasteiger partial charge < -0.3 is 0 Å². The van der Waals surface area contributed by atoms with Crippen LogP contribution in [-0.4, -0.2) is 19.9 Å². The number of hydrogen-bond donors (Lipinski definition) is 0. The van der Waals surface area contributed by atoms with Crippen molar-refractivity contribution < 1.29 is 13.3 Å². The van der Waals surface area contributed by atoms with Crippen LogP contribution < -0.4 is 4.31 Å². The largest absolute Gasteiger partial charge is 0.270 e. The zero-order valence-corrected chi connectivity index (χ0v) is 15.2. The van der Waals surface area contributed by atoms with Crippen LogP contribution in [0.25, 0.3) is 0 Å². The van der Waals surface area contributed by atoms with Gasteiger partial charge in [-0.3, -0.25) is 14.4 Å². The predicted molar refractivity (Wildman–Crippen MR) is 94.5 cm³/mol. The van der Waals surface area contributed by atoms with Crippen molar-refractivity contribution in [2.24, 2.45) is 0 Å². The van der Waals surface area contributed by atoms with Gasteiger partial charge in [-0.2, -0.15) is 0 Å². The van der Waals surface area contributed by atoms with Crippen LogP contribution >= 0.6 is 23.2 Å². The molecular weight excluding hydrogens is 375 g/mol. The highest BCUT2D eigenvalue weighted by atomic mass is 35.5. The summed E-state index contributed by atoms with van der Waals surface area (Å²) in [5, 5.41) is 11.5. The Bertz CT molecular complexity index is 900. The van der Waals surface area contributed by atoms with E-state index in [0.717, 1.165) is 10.4 Å². The van der Waals surface area contributed by atoms with Crippen LogP contribution in [0.5, 0.6) is 0 Å². The Labute approximate surface area is 149 Å². The minimum atomic E-state index is -3.99. The molecule has 0 aliphatic carbocycles. The third-order valence-electron chi connectivity index (χ3n) is 3.43. The van der Waals surface area contributed by atoms with Gasteiger partial charge in [0.2, 0.25) is 0 Å². The summed E-state index contributed by atoms with van der Waals surface area (Å²) in [6.07, 6.45) is 0. The molecule has 0 aliphatic heterocycles. The lowest BCUT2D eigenvalue weighted by Gasteiger charge is -2.24. The number of halogens is 2. The molecule has 0 heterocycles. The van der Waals surface area contributed by atoms with E-state index in [2.05, 4.69) is 0 Å². The van der Waals surface area contributed by atoms with Crippen LogP contribution in [-0.2, 0) is 10.0 Å². The van der Waals surface area contributed by atoms with Crippen LogP contribution in [0.1, 0.15) is 12.5 Å². The smallest absolute Gasteiger partial charge is 0.267 e. The van der Waals surface area contributed by atoms with Crippen molar-refractivity contribution in [1.82, 2.24) is 0 Å². The fraction of sp³-hybridized carbons (Fsp3) is 0.200. The Hall–Kier alpha value is -1.83. The Morgan fingerprint density at radius 3 is 2.33 bits per heavy atom. The number of anilines is 1. The first kappa shape index (κ1) is 18.5. The van der Waals surface area contributed by atoms with Crippen molar-refractivity contribution in [3.8, 4) is 0 Å². The molecule has 0 saturated carbocycles. The Morgan fingerprint density at radius 1 is 1.12 bits per heavy atom. The zero-order valence-electron chi connectivity index (χ0n) is 12.9. The van der Waals surface area contributed by atoms with Gasteiger partial charge in [-0.1, -0.05) is 29.3 Å². The van der Waals surface area contributed by atoms with E-state index in [1.54, 1.807) is 13.8 Å². The third-order valence-corrected chi connectivity index (χ3v) is 6.21. The first-order valence-corrected chi connectivity index (χ1v) is 9.11. The molecular formula is C15H14Cl2N2O4S. The molecule has 0 saturated heterocycles. The monoisotopic (exact) mass is 388 g/mol. The molecule has 0 spiro atoms. The van der Waals surface area contributed by atoms with Gasteiger partial charge in [0, 0.05) is 18.7 Å². The first-order valence-electron chi connectivity index (χ1n) is 6.91. The highest BCUT2D eigenvalue weighted by Crippen LogP contribution is 2.32. The molecule has 0 aromatic heterocycles. The van der Waals surface area contributed by atoms with E-state index in [1.807, 2.05) is 0 Å². The van der Waals surface area contributed by atoms with Gasteiger partial charge in [0.05, 0.1) is 25.6 Å². The van der Waals surface area contributed by atoms with E-state index < -0.39 is 14.9 Å². The molecule has 2 rings (SSSR count). The SMILES string of the molecule is CCN(c1ccc(Cl)c(Cl)c1)S(=O)(=O)c1cc([N+](=O)[O-])ccc1C. The summed E-state index contributed by atoms with van der Waals surface area (Å²) in [6, 6.07) is 8.21. The molecule has 9 heteroatoms. The number of nitro benzene ring substituents is 1. The third kappa shape index (κ3) is 3.48. The fourth-order valence-corrected chi connectivity index (χ4v) is 4.24. The van der Waals surface area contributed by atoms with Gasteiger partial charge in [-0.05, 0) is 37.6 Å². The maximum atomic E-state index is 13.0. The maximum Gasteiger partial charge on any atom is 0.270 e. The molecule has 2 aromatic carbocycles. The van der Waals surface area contributed by atoms with E-state index in [1.165, 1.54) is 30.3 Å². The molecule has 128 valence electrons. The van der Waals surface area contributed by atoms with E-state index in [9.17, 15) is 18.5 Å². The summed E-state index contributed by atoms with van der Waals surface area (Å²) in [7, 11) is -3.99. The number of hydrogen-bond acceptors (Lipinski definition) is 4. The Kier molecular flexibility index (Phi) is 5.37. The second-order valence-corrected chi connectivity index (χ2v) is 7.62. The van der Waals surface area contributed by atoms with Crippen molar-refractivity contribution in [1.29, 1.82) is 0 Å². The van der Waals surface area contributed by atoms with Gasteiger partial charge in [-0.15, -0.1) is 0 Å². The van der Waals surface area contributed by atoms with Crippen LogP contribution in [0.15, 0.2) is 41.3 Å². The topological polar surface area (TPSA) is 80.5 Å². The highest BCUT2D eigenvalue weighted by Gasteiger charge is 2.27. The summed E-state index contributed by atoms with van der Waals surface area (Å²) < 4.78 is 27.1. The number of rotatable bonds is 5. The molecule has 2 aromatic rings.